The Balaban J connectivity index is 1.19. The standard InChI is InChI=1S/C42H25NOS/c1-5-19-36-30(15-1)31-16-2-6-20-37(31)43(36)29-14-10-12-27(24-29)26-11-9-13-28(23-26)34-25-35-32-17-3-7-21-38(32)44-41(35)40-33-18-4-8-22-39(33)45-42(34)40/h1-25H. The predicted octanol–water partition coefficient (Wildman–Crippen LogP) is 12.4. The summed E-state index contributed by atoms with van der Waals surface area (Å²) in [6.07, 6.45) is 0. The third-order valence-corrected chi connectivity index (χ3v) is 10.4. The van der Waals surface area contributed by atoms with Crippen molar-refractivity contribution in [2.45, 2.75) is 0 Å². The number of aromatic nitrogens is 1. The highest BCUT2D eigenvalue weighted by Gasteiger charge is 2.19. The number of thiophene rings is 1. The van der Waals surface area contributed by atoms with Gasteiger partial charge < -0.3 is 8.98 Å². The minimum atomic E-state index is 0.928. The molecular formula is C42H25NOS. The molecule has 3 heterocycles. The van der Waals surface area contributed by atoms with Gasteiger partial charge in [0.05, 0.1) is 11.0 Å². The SMILES string of the molecule is c1cc(-c2cccc(-n3c4ccccc4c4ccccc43)c2)cc(-c2cc3c4ccccc4oc3c3c2sc2ccccc23)c1. The van der Waals surface area contributed by atoms with E-state index in [9.17, 15) is 0 Å². The van der Waals surface area contributed by atoms with Gasteiger partial charge in [0.1, 0.15) is 11.2 Å². The van der Waals surface area contributed by atoms with Crippen LogP contribution in [0, 0.1) is 0 Å². The van der Waals surface area contributed by atoms with E-state index in [0.717, 1.165) is 27.6 Å². The molecule has 10 rings (SSSR count). The molecule has 0 bridgehead atoms. The summed E-state index contributed by atoms with van der Waals surface area (Å²) in [5.41, 5.74) is 10.3. The van der Waals surface area contributed by atoms with Crippen LogP contribution in [0.3, 0.4) is 0 Å². The van der Waals surface area contributed by atoms with Gasteiger partial charge in [-0.25, -0.2) is 0 Å². The maximum atomic E-state index is 6.53. The highest BCUT2D eigenvalue weighted by molar-refractivity contribution is 7.26. The van der Waals surface area contributed by atoms with Crippen molar-refractivity contribution in [2.24, 2.45) is 0 Å². The molecule has 0 unspecified atom stereocenters. The van der Waals surface area contributed by atoms with Crippen molar-refractivity contribution in [3.8, 4) is 27.9 Å². The van der Waals surface area contributed by atoms with Crippen molar-refractivity contribution in [3.05, 3.63) is 152 Å². The van der Waals surface area contributed by atoms with E-state index in [1.807, 2.05) is 17.4 Å². The van der Waals surface area contributed by atoms with Gasteiger partial charge in [0.2, 0.25) is 0 Å². The lowest BCUT2D eigenvalue weighted by molar-refractivity contribution is 0.673. The van der Waals surface area contributed by atoms with Crippen LogP contribution < -0.4 is 0 Å². The van der Waals surface area contributed by atoms with Crippen molar-refractivity contribution in [1.82, 2.24) is 4.57 Å². The zero-order valence-electron chi connectivity index (χ0n) is 24.2. The number of para-hydroxylation sites is 3. The second-order valence-corrected chi connectivity index (χ2v) is 12.8. The lowest BCUT2D eigenvalue weighted by Gasteiger charge is -2.12. The minimum Gasteiger partial charge on any atom is -0.455 e. The van der Waals surface area contributed by atoms with Gasteiger partial charge in [-0.2, -0.15) is 0 Å². The first-order valence-electron chi connectivity index (χ1n) is 15.3. The van der Waals surface area contributed by atoms with Crippen molar-refractivity contribution in [3.63, 3.8) is 0 Å². The molecule has 0 amide bonds. The maximum absolute atomic E-state index is 6.53. The molecule has 0 saturated carbocycles. The van der Waals surface area contributed by atoms with Gasteiger partial charge in [-0.05, 0) is 65.2 Å². The van der Waals surface area contributed by atoms with Crippen LogP contribution in [0.15, 0.2) is 156 Å². The summed E-state index contributed by atoms with van der Waals surface area (Å²) in [5.74, 6) is 0. The number of hydrogen-bond donors (Lipinski definition) is 0. The van der Waals surface area contributed by atoms with E-state index >= 15 is 0 Å². The van der Waals surface area contributed by atoms with Crippen LogP contribution in [0.1, 0.15) is 0 Å². The molecule has 0 saturated heterocycles. The molecule has 0 aliphatic rings. The molecule has 2 nitrogen and oxygen atoms in total. The van der Waals surface area contributed by atoms with Crippen LogP contribution in [0.25, 0.3) is 91.9 Å². The third kappa shape index (κ3) is 3.62. The van der Waals surface area contributed by atoms with Gasteiger partial charge in [-0.1, -0.05) is 103 Å². The monoisotopic (exact) mass is 591 g/mol. The Morgan fingerprint density at radius 2 is 1.09 bits per heavy atom. The molecule has 3 heteroatoms. The largest absolute Gasteiger partial charge is 0.455 e. The van der Waals surface area contributed by atoms with Gasteiger partial charge >= 0.3 is 0 Å². The van der Waals surface area contributed by atoms with Gasteiger partial charge in [-0.3, -0.25) is 0 Å². The number of furan rings is 1. The summed E-state index contributed by atoms with van der Waals surface area (Å²) in [6.45, 7) is 0. The highest BCUT2D eigenvalue weighted by Crippen LogP contribution is 2.47. The fourth-order valence-electron chi connectivity index (χ4n) is 7.17. The van der Waals surface area contributed by atoms with Crippen molar-refractivity contribution in [1.29, 1.82) is 0 Å². The van der Waals surface area contributed by atoms with Gasteiger partial charge in [0, 0.05) is 53.0 Å². The first-order chi connectivity index (χ1) is 22.3. The molecule has 7 aromatic carbocycles. The second kappa shape index (κ2) is 9.43. The topological polar surface area (TPSA) is 18.1 Å². The van der Waals surface area contributed by atoms with E-state index in [-0.39, 0.29) is 0 Å². The van der Waals surface area contributed by atoms with E-state index in [4.69, 9.17) is 4.42 Å². The fourth-order valence-corrected chi connectivity index (χ4v) is 8.41. The summed E-state index contributed by atoms with van der Waals surface area (Å²) in [7, 11) is 0. The third-order valence-electron chi connectivity index (χ3n) is 9.18. The molecule has 210 valence electrons. The summed E-state index contributed by atoms with van der Waals surface area (Å²) in [5, 5.41) is 7.32. The van der Waals surface area contributed by atoms with Crippen molar-refractivity contribution < 1.29 is 4.42 Å². The first kappa shape index (κ1) is 24.8. The Morgan fingerprint density at radius 1 is 0.467 bits per heavy atom. The van der Waals surface area contributed by atoms with Crippen LogP contribution in [0.4, 0.5) is 0 Å². The molecule has 0 aliphatic carbocycles. The Hall–Kier alpha value is -5.64. The molecule has 10 aromatic rings. The van der Waals surface area contributed by atoms with Crippen molar-refractivity contribution >= 4 is 75.3 Å². The number of hydrogen-bond acceptors (Lipinski definition) is 2. The number of fused-ring (bicyclic) bond motifs is 10. The molecule has 0 radical (unpaired) electrons. The molecule has 45 heavy (non-hydrogen) atoms. The van der Waals surface area contributed by atoms with Crippen LogP contribution in [0.5, 0.6) is 0 Å². The quantitative estimate of drug-likeness (QED) is 0.200. The van der Waals surface area contributed by atoms with E-state index < -0.39 is 0 Å². The Morgan fingerprint density at radius 3 is 1.89 bits per heavy atom. The van der Waals surface area contributed by atoms with E-state index in [0.29, 0.717) is 0 Å². The second-order valence-electron chi connectivity index (χ2n) is 11.7. The molecule has 3 aromatic heterocycles. The number of benzene rings is 7. The van der Waals surface area contributed by atoms with Gasteiger partial charge in [0.15, 0.2) is 0 Å². The molecule has 0 atom stereocenters. The smallest absolute Gasteiger partial charge is 0.144 e. The van der Waals surface area contributed by atoms with Crippen LogP contribution in [-0.2, 0) is 0 Å². The summed E-state index contributed by atoms with van der Waals surface area (Å²) >= 11 is 1.85. The Bertz CT molecular complexity index is 2720. The average Bonchev–Trinajstić information content (AvgIpc) is 3.78. The van der Waals surface area contributed by atoms with E-state index in [1.165, 1.54) is 64.2 Å². The maximum Gasteiger partial charge on any atom is 0.144 e. The molecule has 0 spiro atoms. The minimum absolute atomic E-state index is 0.928. The zero-order valence-corrected chi connectivity index (χ0v) is 25.0. The lowest BCUT2D eigenvalue weighted by atomic mass is 9.96. The van der Waals surface area contributed by atoms with Crippen LogP contribution >= 0.6 is 11.3 Å². The fraction of sp³-hybridized carbons (Fsp3) is 0. The Labute approximate surface area is 263 Å². The van der Waals surface area contributed by atoms with E-state index in [1.54, 1.807) is 0 Å². The first-order valence-corrected chi connectivity index (χ1v) is 16.1. The van der Waals surface area contributed by atoms with Gasteiger partial charge in [0.25, 0.3) is 0 Å². The molecule has 0 aliphatic heterocycles. The van der Waals surface area contributed by atoms with E-state index in [2.05, 4.69) is 150 Å². The predicted molar refractivity (Wildman–Crippen MR) is 192 cm³/mol. The Kier molecular flexibility index (Phi) is 5.19. The van der Waals surface area contributed by atoms with Gasteiger partial charge in [-0.15, -0.1) is 11.3 Å². The molecule has 0 N–H and O–H groups in total. The zero-order chi connectivity index (χ0) is 29.5. The average molecular weight is 592 g/mol. The summed E-state index contributed by atoms with van der Waals surface area (Å²) < 4.78 is 11.5. The summed E-state index contributed by atoms with van der Waals surface area (Å²) in [4.78, 5) is 0. The van der Waals surface area contributed by atoms with Crippen molar-refractivity contribution in [2.75, 3.05) is 0 Å². The molecular weight excluding hydrogens is 567 g/mol. The highest BCUT2D eigenvalue weighted by atomic mass is 32.1. The van der Waals surface area contributed by atoms with Crippen LogP contribution in [-0.4, -0.2) is 4.57 Å². The number of rotatable bonds is 3. The molecule has 0 fully saturated rings. The normalized spacial score (nSPS) is 12.0. The van der Waals surface area contributed by atoms with Crippen LogP contribution in [0.2, 0.25) is 0 Å². The number of nitrogens with zero attached hydrogens (tertiary/aromatic N) is 1. The lowest BCUT2D eigenvalue weighted by Crippen LogP contribution is -1.94. The summed E-state index contributed by atoms with van der Waals surface area (Å²) in [6, 6.07) is 54.7.